The van der Waals surface area contributed by atoms with E-state index in [0.29, 0.717) is 22.9 Å². The smallest absolute Gasteiger partial charge is 0.325 e. The number of piperidine rings is 1. The summed E-state index contributed by atoms with van der Waals surface area (Å²) in [6.45, 7) is 3.52. The summed E-state index contributed by atoms with van der Waals surface area (Å²) in [4.78, 5) is 28.7. The molecule has 2 aliphatic rings. The minimum absolute atomic E-state index is 0.0129. The maximum atomic E-state index is 12.8. The molecule has 0 spiro atoms. The highest BCUT2D eigenvalue weighted by Crippen LogP contribution is 2.40. The summed E-state index contributed by atoms with van der Waals surface area (Å²) in [6, 6.07) is 8.09. The zero-order valence-corrected chi connectivity index (χ0v) is 16.3. The van der Waals surface area contributed by atoms with Crippen molar-refractivity contribution in [3.8, 4) is 0 Å². The predicted molar refractivity (Wildman–Crippen MR) is 105 cm³/mol. The van der Waals surface area contributed by atoms with E-state index in [1.807, 2.05) is 4.90 Å². The van der Waals surface area contributed by atoms with Crippen molar-refractivity contribution in [2.24, 2.45) is 0 Å². The van der Waals surface area contributed by atoms with Gasteiger partial charge in [0.05, 0.1) is 22.8 Å². The molecule has 0 radical (unpaired) electrons. The van der Waals surface area contributed by atoms with E-state index in [4.69, 9.17) is 27.6 Å². The number of nitrogens with one attached hydrogen (secondary N) is 1. The van der Waals surface area contributed by atoms with Gasteiger partial charge in [0.25, 0.3) is 5.91 Å². The van der Waals surface area contributed by atoms with Crippen LogP contribution < -0.4 is 10.2 Å². The topological polar surface area (TPSA) is 65.8 Å². The maximum Gasteiger partial charge on any atom is 0.325 e. The number of hydrogen-bond donors (Lipinski definition) is 1. The van der Waals surface area contributed by atoms with Gasteiger partial charge in [-0.05, 0) is 68.1 Å². The highest BCUT2D eigenvalue weighted by atomic mass is 35.5. The van der Waals surface area contributed by atoms with Gasteiger partial charge in [-0.3, -0.25) is 9.69 Å². The molecule has 1 unspecified atom stereocenters. The van der Waals surface area contributed by atoms with Gasteiger partial charge in [-0.25, -0.2) is 4.79 Å². The SMILES string of the molecule is CC12CCCCN1C(=O)N(c1ccc(NC(=O)c3ccc(Cl)o3)cc1Cl)C2. The van der Waals surface area contributed by atoms with Gasteiger partial charge in [0.1, 0.15) is 0 Å². The van der Waals surface area contributed by atoms with E-state index >= 15 is 0 Å². The van der Waals surface area contributed by atoms with Gasteiger partial charge in [0, 0.05) is 12.2 Å². The second kappa shape index (κ2) is 6.77. The lowest BCUT2D eigenvalue weighted by Crippen LogP contribution is -2.47. The summed E-state index contributed by atoms with van der Waals surface area (Å²) < 4.78 is 5.09. The van der Waals surface area contributed by atoms with E-state index in [0.717, 1.165) is 25.8 Å². The van der Waals surface area contributed by atoms with Crippen LogP contribution in [0.25, 0.3) is 0 Å². The normalized spacial score (nSPS) is 22.1. The van der Waals surface area contributed by atoms with Crippen LogP contribution >= 0.6 is 23.2 Å². The van der Waals surface area contributed by atoms with Gasteiger partial charge in [0.15, 0.2) is 11.0 Å². The first-order chi connectivity index (χ1) is 12.9. The van der Waals surface area contributed by atoms with Crippen molar-refractivity contribution in [1.29, 1.82) is 0 Å². The molecule has 2 aliphatic heterocycles. The third-order valence-corrected chi connectivity index (χ3v) is 5.76. The van der Waals surface area contributed by atoms with Crippen molar-refractivity contribution in [3.05, 3.63) is 46.3 Å². The number of hydrogen-bond acceptors (Lipinski definition) is 3. The minimum atomic E-state index is -0.424. The summed E-state index contributed by atoms with van der Waals surface area (Å²) in [5.41, 5.74) is 1.01. The highest BCUT2D eigenvalue weighted by Gasteiger charge is 2.48. The van der Waals surface area contributed by atoms with Gasteiger partial charge < -0.3 is 14.6 Å². The van der Waals surface area contributed by atoms with Crippen LogP contribution in [0.3, 0.4) is 0 Å². The number of anilines is 2. The van der Waals surface area contributed by atoms with Gasteiger partial charge in [0.2, 0.25) is 0 Å². The van der Waals surface area contributed by atoms with E-state index in [2.05, 4.69) is 12.2 Å². The lowest BCUT2D eigenvalue weighted by atomic mass is 9.90. The van der Waals surface area contributed by atoms with Crippen molar-refractivity contribution in [2.45, 2.75) is 31.7 Å². The Hall–Kier alpha value is -2.18. The Morgan fingerprint density at radius 2 is 2.04 bits per heavy atom. The summed E-state index contributed by atoms with van der Waals surface area (Å²) in [7, 11) is 0. The molecule has 3 amide bonds. The first-order valence-corrected chi connectivity index (χ1v) is 9.58. The average Bonchev–Trinajstić information content (AvgIpc) is 3.17. The number of nitrogens with zero attached hydrogens (tertiary/aromatic N) is 2. The fourth-order valence-corrected chi connectivity index (χ4v) is 4.28. The molecule has 4 rings (SSSR count). The molecule has 0 aliphatic carbocycles. The fraction of sp³-hybridized carbons (Fsp3) is 0.368. The van der Waals surface area contributed by atoms with Crippen LogP contribution in [-0.4, -0.2) is 35.5 Å². The van der Waals surface area contributed by atoms with Crippen molar-refractivity contribution in [2.75, 3.05) is 23.3 Å². The molecule has 1 N–H and O–H groups in total. The van der Waals surface area contributed by atoms with Gasteiger partial charge in [-0.15, -0.1) is 0 Å². The molecule has 0 bridgehead atoms. The Kier molecular flexibility index (Phi) is 4.56. The fourth-order valence-electron chi connectivity index (χ4n) is 3.85. The van der Waals surface area contributed by atoms with Crippen LogP contribution in [0.1, 0.15) is 36.7 Å². The monoisotopic (exact) mass is 407 g/mol. The molecular weight excluding hydrogens is 389 g/mol. The Morgan fingerprint density at radius 1 is 1.22 bits per heavy atom. The summed E-state index contributed by atoms with van der Waals surface area (Å²) in [5.74, 6) is -0.313. The molecule has 0 saturated carbocycles. The van der Waals surface area contributed by atoms with Crippen LogP contribution in [0, 0.1) is 0 Å². The van der Waals surface area contributed by atoms with E-state index in [9.17, 15) is 9.59 Å². The zero-order chi connectivity index (χ0) is 19.2. The molecule has 2 fully saturated rings. The van der Waals surface area contributed by atoms with Crippen molar-refractivity contribution < 1.29 is 14.0 Å². The van der Waals surface area contributed by atoms with E-state index in [1.54, 1.807) is 23.1 Å². The van der Waals surface area contributed by atoms with Crippen LogP contribution in [-0.2, 0) is 0 Å². The van der Waals surface area contributed by atoms with Crippen LogP contribution in [0.4, 0.5) is 16.2 Å². The summed E-state index contributed by atoms with van der Waals surface area (Å²) >= 11 is 12.1. The number of carbonyl (C=O) groups excluding carboxylic acids is 2. The summed E-state index contributed by atoms with van der Waals surface area (Å²) in [5, 5.41) is 3.26. The molecule has 2 aromatic rings. The molecule has 2 saturated heterocycles. The van der Waals surface area contributed by atoms with Crippen molar-refractivity contribution in [1.82, 2.24) is 4.90 Å². The summed E-state index contributed by atoms with van der Waals surface area (Å²) in [6.07, 6.45) is 3.15. The molecule has 142 valence electrons. The Morgan fingerprint density at radius 3 is 2.70 bits per heavy atom. The molecule has 1 aromatic heterocycles. The van der Waals surface area contributed by atoms with Gasteiger partial charge in [-0.2, -0.15) is 0 Å². The Labute approximate surface area is 167 Å². The minimum Gasteiger partial charge on any atom is -0.440 e. The maximum absolute atomic E-state index is 12.8. The standard InChI is InChI=1S/C19H19Cl2N3O3/c1-19-8-2-3-9-24(19)18(26)23(11-19)14-5-4-12(10-13(14)20)22-17(25)15-6-7-16(21)27-15/h4-7,10H,2-3,8-9,11H2,1H3,(H,22,25). The van der Waals surface area contributed by atoms with E-state index in [-0.39, 0.29) is 22.5 Å². The molecule has 6 nitrogen and oxygen atoms in total. The molecule has 27 heavy (non-hydrogen) atoms. The van der Waals surface area contributed by atoms with Crippen LogP contribution in [0.15, 0.2) is 34.7 Å². The third-order valence-electron chi connectivity index (χ3n) is 5.25. The molecule has 3 heterocycles. The van der Waals surface area contributed by atoms with Crippen molar-refractivity contribution >= 4 is 46.5 Å². The van der Waals surface area contributed by atoms with Gasteiger partial charge >= 0.3 is 6.03 Å². The number of urea groups is 1. The van der Waals surface area contributed by atoms with Crippen LogP contribution in [0.5, 0.6) is 0 Å². The number of carbonyl (C=O) groups is 2. The second-order valence-corrected chi connectivity index (χ2v) is 7.98. The van der Waals surface area contributed by atoms with Crippen molar-refractivity contribution in [3.63, 3.8) is 0 Å². The van der Waals surface area contributed by atoms with Crippen LogP contribution in [0.2, 0.25) is 10.2 Å². The number of amides is 3. The molecule has 1 aromatic carbocycles. The number of halogens is 2. The zero-order valence-electron chi connectivity index (χ0n) is 14.8. The molecule has 1 atom stereocenters. The lowest BCUT2D eigenvalue weighted by molar-refractivity contribution is 0.0996. The Balaban J connectivity index is 1.54. The molecular formula is C19H19Cl2N3O3. The first kappa shape index (κ1) is 18.2. The van der Waals surface area contributed by atoms with Gasteiger partial charge in [-0.1, -0.05) is 11.6 Å². The van der Waals surface area contributed by atoms with E-state index in [1.165, 1.54) is 12.1 Å². The molecule has 8 heteroatoms. The lowest BCUT2D eigenvalue weighted by Gasteiger charge is -2.37. The highest BCUT2D eigenvalue weighted by molar-refractivity contribution is 6.34. The average molecular weight is 408 g/mol. The largest absolute Gasteiger partial charge is 0.440 e. The Bertz CT molecular complexity index is 913. The third kappa shape index (κ3) is 3.28. The number of furan rings is 1. The first-order valence-electron chi connectivity index (χ1n) is 8.83. The number of benzene rings is 1. The second-order valence-electron chi connectivity index (χ2n) is 7.20. The number of fused-ring (bicyclic) bond motifs is 1. The number of rotatable bonds is 3. The quantitative estimate of drug-likeness (QED) is 0.775. The predicted octanol–water partition coefficient (Wildman–Crippen LogP) is 5.02. The van der Waals surface area contributed by atoms with E-state index < -0.39 is 5.91 Å².